The molecule has 1 aromatic rings. The second-order valence-corrected chi connectivity index (χ2v) is 4.12. The van der Waals surface area contributed by atoms with Crippen LogP contribution in [0.3, 0.4) is 0 Å². The predicted molar refractivity (Wildman–Crippen MR) is 68.6 cm³/mol. The van der Waals surface area contributed by atoms with Crippen LogP contribution in [-0.4, -0.2) is 16.5 Å². The smallest absolute Gasteiger partial charge is 0.134 e. The number of hydrogen-bond acceptors (Lipinski definition) is 4. The fourth-order valence-corrected chi connectivity index (χ4v) is 1.58. The highest BCUT2D eigenvalue weighted by Crippen LogP contribution is 2.16. The minimum Gasteiger partial charge on any atom is -0.383 e. The molecule has 0 aliphatic heterocycles. The van der Waals surface area contributed by atoms with Gasteiger partial charge in [0, 0.05) is 12.1 Å². The Morgan fingerprint density at radius 1 is 1.12 bits per heavy atom. The zero-order valence-electron chi connectivity index (χ0n) is 10.5. The molecule has 0 radical (unpaired) electrons. The highest BCUT2D eigenvalue weighted by Gasteiger charge is 2.05. The first-order valence-electron chi connectivity index (χ1n) is 5.99. The number of rotatable bonds is 6. The van der Waals surface area contributed by atoms with Crippen LogP contribution in [0.1, 0.15) is 44.0 Å². The molecule has 0 saturated heterocycles. The number of nitrogen functional groups attached to an aromatic ring is 1. The molecular weight excluding hydrogens is 200 g/mol. The first kappa shape index (κ1) is 12.7. The van der Waals surface area contributed by atoms with Gasteiger partial charge in [-0.1, -0.05) is 26.2 Å². The number of nitrogens with one attached hydrogen (secondary N) is 1. The van der Waals surface area contributed by atoms with Crippen LogP contribution < -0.4 is 11.1 Å². The monoisotopic (exact) mass is 222 g/mol. The summed E-state index contributed by atoms with van der Waals surface area (Å²) in [6.07, 6.45) is 5.00. The molecule has 0 bridgehead atoms. The molecule has 4 nitrogen and oxygen atoms in total. The van der Waals surface area contributed by atoms with E-state index >= 15 is 0 Å². The lowest BCUT2D eigenvalue weighted by molar-refractivity contribution is 0.684. The lowest BCUT2D eigenvalue weighted by Crippen LogP contribution is -2.09. The van der Waals surface area contributed by atoms with E-state index in [4.69, 9.17) is 5.73 Å². The van der Waals surface area contributed by atoms with Gasteiger partial charge in [0.15, 0.2) is 0 Å². The van der Waals surface area contributed by atoms with E-state index in [1.165, 1.54) is 25.7 Å². The van der Waals surface area contributed by atoms with Gasteiger partial charge in [-0.05, 0) is 20.3 Å². The molecule has 90 valence electrons. The third kappa shape index (κ3) is 3.68. The van der Waals surface area contributed by atoms with Crippen LogP contribution in [0.4, 0.5) is 11.6 Å². The van der Waals surface area contributed by atoms with Crippen LogP contribution in [-0.2, 0) is 0 Å². The number of nitrogens with zero attached hydrogens (tertiary/aromatic N) is 2. The van der Waals surface area contributed by atoms with Crippen molar-refractivity contribution in [2.24, 2.45) is 0 Å². The van der Waals surface area contributed by atoms with Crippen molar-refractivity contribution in [2.75, 3.05) is 17.6 Å². The van der Waals surface area contributed by atoms with Gasteiger partial charge in [0.1, 0.15) is 17.5 Å². The van der Waals surface area contributed by atoms with Crippen LogP contribution in [0.25, 0.3) is 0 Å². The topological polar surface area (TPSA) is 63.8 Å². The number of unbranched alkanes of at least 4 members (excludes halogenated alkanes) is 3. The fraction of sp³-hybridized carbons (Fsp3) is 0.667. The van der Waals surface area contributed by atoms with E-state index in [2.05, 4.69) is 22.2 Å². The highest BCUT2D eigenvalue weighted by molar-refractivity contribution is 5.54. The summed E-state index contributed by atoms with van der Waals surface area (Å²) in [4.78, 5) is 8.47. The van der Waals surface area contributed by atoms with E-state index in [1.807, 2.05) is 13.8 Å². The van der Waals surface area contributed by atoms with Gasteiger partial charge >= 0.3 is 0 Å². The molecule has 1 heterocycles. The van der Waals surface area contributed by atoms with E-state index in [-0.39, 0.29) is 0 Å². The number of aryl methyl sites for hydroxylation is 1. The van der Waals surface area contributed by atoms with Crippen molar-refractivity contribution in [1.82, 2.24) is 9.97 Å². The Kier molecular flexibility index (Phi) is 5.02. The number of hydrogen-bond donors (Lipinski definition) is 2. The van der Waals surface area contributed by atoms with Crippen LogP contribution >= 0.6 is 0 Å². The Balaban J connectivity index is 2.47. The first-order chi connectivity index (χ1) is 7.65. The Hall–Kier alpha value is -1.32. The number of aromatic nitrogens is 2. The fourth-order valence-electron chi connectivity index (χ4n) is 1.58. The maximum absolute atomic E-state index is 5.78. The average molecular weight is 222 g/mol. The van der Waals surface area contributed by atoms with Gasteiger partial charge in [0.05, 0.1) is 0 Å². The molecule has 0 aliphatic carbocycles. The summed E-state index contributed by atoms with van der Waals surface area (Å²) in [6, 6.07) is 0. The van der Waals surface area contributed by atoms with Crippen molar-refractivity contribution in [3.05, 3.63) is 11.4 Å². The molecule has 0 saturated carbocycles. The second-order valence-electron chi connectivity index (χ2n) is 4.12. The standard InChI is InChI=1S/C12H22N4/c1-4-5-6-7-8-14-12-9(2)11(13)15-10(3)16-12/h4-8H2,1-3H3,(H3,13,14,15,16). The van der Waals surface area contributed by atoms with Crippen LogP contribution in [0.5, 0.6) is 0 Å². The SMILES string of the molecule is CCCCCCNc1nc(C)nc(N)c1C. The highest BCUT2D eigenvalue weighted by atomic mass is 15.0. The van der Waals surface area contributed by atoms with E-state index in [0.717, 1.165) is 23.8 Å². The predicted octanol–water partition coefficient (Wildman–Crippen LogP) is 2.67. The maximum Gasteiger partial charge on any atom is 0.134 e. The summed E-state index contributed by atoms with van der Waals surface area (Å²) in [5.41, 5.74) is 6.73. The first-order valence-corrected chi connectivity index (χ1v) is 5.99. The molecule has 0 fully saturated rings. The van der Waals surface area contributed by atoms with E-state index in [9.17, 15) is 0 Å². The van der Waals surface area contributed by atoms with Crippen LogP contribution in [0.2, 0.25) is 0 Å². The lowest BCUT2D eigenvalue weighted by Gasteiger charge is -2.10. The maximum atomic E-state index is 5.78. The van der Waals surface area contributed by atoms with Crippen LogP contribution in [0.15, 0.2) is 0 Å². The molecule has 1 aromatic heterocycles. The molecular formula is C12H22N4. The molecule has 0 aliphatic rings. The van der Waals surface area contributed by atoms with Crippen molar-refractivity contribution in [1.29, 1.82) is 0 Å². The molecule has 4 heteroatoms. The van der Waals surface area contributed by atoms with Gasteiger partial charge in [-0.15, -0.1) is 0 Å². The summed E-state index contributed by atoms with van der Waals surface area (Å²) in [5.74, 6) is 2.17. The van der Waals surface area contributed by atoms with Gasteiger partial charge in [-0.2, -0.15) is 0 Å². The molecule has 1 rings (SSSR count). The van der Waals surface area contributed by atoms with Crippen molar-refractivity contribution >= 4 is 11.6 Å². The van der Waals surface area contributed by atoms with E-state index in [0.29, 0.717) is 5.82 Å². The number of nitrogens with two attached hydrogens (primary N) is 1. The molecule has 0 amide bonds. The minimum atomic E-state index is 0.573. The van der Waals surface area contributed by atoms with Crippen molar-refractivity contribution < 1.29 is 0 Å². The van der Waals surface area contributed by atoms with E-state index < -0.39 is 0 Å². The Labute approximate surface area is 97.7 Å². The summed E-state index contributed by atoms with van der Waals surface area (Å²) in [7, 11) is 0. The Morgan fingerprint density at radius 2 is 1.88 bits per heavy atom. The molecule has 16 heavy (non-hydrogen) atoms. The summed E-state index contributed by atoms with van der Waals surface area (Å²) < 4.78 is 0. The largest absolute Gasteiger partial charge is 0.383 e. The van der Waals surface area contributed by atoms with Gasteiger partial charge < -0.3 is 11.1 Å². The van der Waals surface area contributed by atoms with Gasteiger partial charge in [0.25, 0.3) is 0 Å². The summed E-state index contributed by atoms with van der Waals surface area (Å²) in [5, 5.41) is 3.32. The Bertz CT molecular complexity index is 336. The van der Waals surface area contributed by atoms with Gasteiger partial charge in [0.2, 0.25) is 0 Å². The zero-order chi connectivity index (χ0) is 12.0. The molecule has 0 aromatic carbocycles. The van der Waals surface area contributed by atoms with Crippen molar-refractivity contribution in [3.8, 4) is 0 Å². The third-order valence-electron chi connectivity index (χ3n) is 2.62. The quantitative estimate of drug-likeness (QED) is 0.726. The van der Waals surface area contributed by atoms with Crippen LogP contribution in [0, 0.1) is 13.8 Å². The minimum absolute atomic E-state index is 0.573. The lowest BCUT2D eigenvalue weighted by atomic mass is 10.2. The number of anilines is 2. The van der Waals surface area contributed by atoms with Gasteiger partial charge in [-0.25, -0.2) is 9.97 Å². The second kappa shape index (κ2) is 6.30. The zero-order valence-corrected chi connectivity index (χ0v) is 10.5. The van der Waals surface area contributed by atoms with Gasteiger partial charge in [-0.3, -0.25) is 0 Å². The van der Waals surface area contributed by atoms with Crippen molar-refractivity contribution in [3.63, 3.8) is 0 Å². The normalized spacial score (nSPS) is 10.4. The molecule has 3 N–H and O–H groups in total. The molecule has 0 unspecified atom stereocenters. The molecule has 0 atom stereocenters. The third-order valence-corrected chi connectivity index (χ3v) is 2.62. The van der Waals surface area contributed by atoms with Crippen molar-refractivity contribution in [2.45, 2.75) is 46.5 Å². The Morgan fingerprint density at radius 3 is 2.56 bits per heavy atom. The summed E-state index contributed by atoms with van der Waals surface area (Å²) in [6.45, 7) is 6.98. The summed E-state index contributed by atoms with van der Waals surface area (Å²) >= 11 is 0. The average Bonchev–Trinajstić information content (AvgIpc) is 2.24. The van der Waals surface area contributed by atoms with E-state index in [1.54, 1.807) is 0 Å². The molecule has 0 spiro atoms.